The van der Waals surface area contributed by atoms with E-state index in [1.165, 1.54) is 0 Å². The number of pyridine rings is 1. The Bertz CT molecular complexity index is 628. The first-order valence-electron chi connectivity index (χ1n) is 4.98. The van der Waals surface area contributed by atoms with Crippen molar-refractivity contribution in [3.05, 3.63) is 48.9 Å². The van der Waals surface area contributed by atoms with E-state index >= 15 is 0 Å². The zero-order valence-electron chi connectivity index (χ0n) is 8.54. The highest BCUT2D eigenvalue weighted by Crippen LogP contribution is 2.19. The van der Waals surface area contributed by atoms with Crippen LogP contribution in [0.1, 0.15) is 0 Å². The highest BCUT2D eigenvalue weighted by molar-refractivity contribution is 5.83. The van der Waals surface area contributed by atoms with Crippen molar-refractivity contribution >= 4 is 16.6 Å². The number of fused-ring (bicyclic) bond motifs is 1. The Morgan fingerprint density at radius 3 is 2.69 bits per heavy atom. The van der Waals surface area contributed by atoms with Gasteiger partial charge in [0.05, 0.1) is 17.4 Å². The molecule has 16 heavy (non-hydrogen) atoms. The lowest BCUT2D eigenvalue weighted by molar-refractivity contribution is 0.907. The molecular weight excluding hydrogens is 200 g/mol. The van der Waals surface area contributed by atoms with Gasteiger partial charge in [-0.1, -0.05) is 0 Å². The van der Waals surface area contributed by atoms with E-state index in [1.54, 1.807) is 12.4 Å². The third-order valence-electron chi connectivity index (χ3n) is 2.50. The van der Waals surface area contributed by atoms with Crippen molar-refractivity contribution in [2.75, 3.05) is 5.73 Å². The minimum absolute atomic E-state index is 0.752. The first-order chi connectivity index (χ1) is 7.84. The van der Waals surface area contributed by atoms with Crippen molar-refractivity contribution < 1.29 is 0 Å². The predicted molar refractivity (Wildman–Crippen MR) is 63.3 cm³/mol. The minimum Gasteiger partial charge on any atom is -0.399 e. The fourth-order valence-corrected chi connectivity index (χ4v) is 1.74. The largest absolute Gasteiger partial charge is 0.399 e. The molecule has 0 bridgehead atoms. The molecule has 2 heterocycles. The standard InChI is InChI=1S/C12H10N4/c13-10-1-2-12-9(7-10)8-15-16(12)11-3-5-14-6-4-11/h1-8H,13H2. The summed E-state index contributed by atoms with van der Waals surface area (Å²) in [5.41, 5.74) is 8.51. The van der Waals surface area contributed by atoms with Crippen molar-refractivity contribution in [2.45, 2.75) is 0 Å². The molecule has 3 rings (SSSR count). The molecule has 0 atom stereocenters. The van der Waals surface area contributed by atoms with Gasteiger partial charge in [0.1, 0.15) is 0 Å². The maximum absolute atomic E-state index is 5.72. The second kappa shape index (κ2) is 3.34. The lowest BCUT2D eigenvalue weighted by Gasteiger charge is -2.02. The molecule has 1 aromatic carbocycles. The zero-order chi connectivity index (χ0) is 11.0. The number of hydrogen-bond acceptors (Lipinski definition) is 3. The Morgan fingerprint density at radius 1 is 1.06 bits per heavy atom. The van der Waals surface area contributed by atoms with Crippen LogP contribution in [0, 0.1) is 0 Å². The molecule has 2 aromatic heterocycles. The second-order valence-electron chi connectivity index (χ2n) is 3.58. The summed E-state index contributed by atoms with van der Waals surface area (Å²) < 4.78 is 1.87. The van der Waals surface area contributed by atoms with Gasteiger partial charge in [0.2, 0.25) is 0 Å². The molecule has 0 amide bonds. The van der Waals surface area contributed by atoms with Crippen LogP contribution in [0.2, 0.25) is 0 Å². The Morgan fingerprint density at radius 2 is 1.88 bits per heavy atom. The molecule has 0 aliphatic heterocycles. The fourth-order valence-electron chi connectivity index (χ4n) is 1.74. The lowest BCUT2D eigenvalue weighted by Crippen LogP contribution is -1.95. The Hall–Kier alpha value is -2.36. The molecule has 0 fully saturated rings. The Kier molecular flexibility index (Phi) is 1.86. The zero-order valence-corrected chi connectivity index (χ0v) is 8.54. The van der Waals surface area contributed by atoms with Gasteiger partial charge in [-0.05, 0) is 30.3 Å². The molecule has 0 aliphatic rings. The molecule has 3 aromatic rings. The topological polar surface area (TPSA) is 56.7 Å². The number of aromatic nitrogens is 3. The van der Waals surface area contributed by atoms with Crippen molar-refractivity contribution in [2.24, 2.45) is 0 Å². The molecule has 0 aliphatic carbocycles. The average molecular weight is 210 g/mol. The second-order valence-corrected chi connectivity index (χ2v) is 3.58. The number of nitrogens with zero attached hydrogens (tertiary/aromatic N) is 3. The quantitative estimate of drug-likeness (QED) is 0.625. The number of nitrogens with two attached hydrogens (primary N) is 1. The lowest BCUT2D eigenvalue weighted by atomic mass is 10.2. The summed E-state index contributed by atoms with van der Waals surface area (Å²) in [6.07, 6.45) is 5.31. The van der Waals surface area contributed by atoms with Crippen LogP contribution >= 0.6 is 0 Å². The normalized spacial score (nSPS) is 10.8. The number of anilines is 1. The van der Waals surface area contributed by atoms with E-state index in [0.717, 1.165) is 22.3 Å². The van der Waals surface area contributed by atoms with Gasteiger partial charge in [0.25, 0.3) is 0 Å². The Balaban J connectivity index is 2.26. The summed E-state index contributed by atoms with van der Waals surface area (Å²) in [5, 5.41) is 5.38. The van der Waals surface area contributed by atoms with E-state index in [-0.39, 0.29) is 0 Å². The number of benzene rings is 1. The first-order valence-corrected chi connectivity index (χ1v) is 4.98. The third-order valence-corrected chi connectivity index (χ3v) is 2.50. The van der Waals surface area contributed by atoms with Gasteiger partial charge in [-0.2, -0.15) is 5.10 Å². The molecule has 0 saturated heterocycles. The maximum atomic E-state index is 5.72. The van der Waals surface area contributed by atoms with Crippen LogP contribution < -0.4 is 5.73 Å². The summed E-state index contributed by atoms with van der Waals surface area (Å²) in [4.78, 5) is 3.99. The van der Waals surface area contributed by atoms with Crippen LogP contribution in [0.25, 0.3) is 16.6 Å². The van der Waals surface area contributed by atoms with Crippen LogP contribution in [0.5, 0.6) is 0 Å². The number of hydrogen-bond donors (Lipinski definition) is 1. The highest BCUT2D eigenvalue weighted by atomic mass is 15.3. The van der Waals surface area contributed by atoms with E-state index < -0.39 is 0 Å². The maximum Gasteiger partial charge on any atom is 0.0742 e. The molecule has 0 spiro atoms. The minimum atomic E-state index is 0.752. The monoisotopic (exact) mass is 210 g/mol. The van der Waals surface area contributed by atoms with E-state index in [1.807, 2.05) is 41.2 Å². The van der Waals surface area contributed by atoms with Crippen LogP contribution in [0.15, 0.2) is 48.9 Å². The molecule has 2 N–H and O–H groups in total. The van der Waals surface area contributed by atoms with Crippen molar-refractivity contribution in [1.82, 2.24) is 14.8 Å². The van der Waals surface area contributed by atoms with E-state index in [4.69, 9.17) is 5.73 Å². The SMILES string of the molecule is Nc1ccc2c(cnn2-c2ccncc2)c1. The van der Waals surface area contributed by atoms with Crippen LogP contribution in [0.3, 0.4) is 0 Å². The average Bonchev–Trinajstić information content (AvgIpc) is 2.73. The van der Waals surface area contributed by atoms with Crippen LogP contribution in [-0.2, 0) is 0 Å². The smallest absolute Gasteiger partial charge is 0.0742 e. The van der Waals surface area contributed by atoms with E-state index in [0.29, 0.717) is 0 Å². The first kappa shape index (κ1) is 8.91. The number of rotatable bonds is 1. The molecular formula is C12H10N4. The van der Waals surface area contributed by atoms with Crippen molar-refractivity contribution in [1.29, 1.82) is 0 Å². The predicted octanol–water partition coefficient (Wildman–Crippen LogP) is 2.00. The van der Waals surface area contributed by atoms with Gasteiger partial charge < -0.3 is 5.73 Å². The highest BCUT2D eigenvalue weighted by Gasteiger charge is 2.03. The summed E-state index contributed by atoms with van der Waals surface area (Å²) in [5.74, 6) is 0. The molecule has 4 heteroatoms. The van der Waals surface area contributed by atoms with E-state index in [2.05, 4.69) is 10.1 Å². The molecule has 0 unspecified atom stereocenters. The molecule has 0 saturated carbocycles. The van der Waals surface area contributed by atoms with Gasteiger partial charge in [-0.15, -0.1) is 0 Å². The van der Waals surface area contributed by atoms with Crippen LogP contribution in [-0.4, -0.2) is 14.8 Å². The van der Waals surface area contributed by atoms with Gasteiger partial charge >= 0.3 is 0 Å². The van der Waals surface area contributed by atoms with Crippen molar-refractivity contribution in [3.63, 3.8) is 0 Å². The summed E-state index contributed by atoms with van der Waals surface area (Å²) >= 11 is 0. The fraction of sp³-hybridized carbons (Fsp3) is 0. The third kappa shape index (κ3) is 1.32. The Labute approximate surface area is 92.3 Å². The van der Waals surface area contributed by atoms with Crippen molar-refractivity contribution in [3.8, 4) is 5.69 Å². The van der Waals surface area contributed by atoms with Gasteiger partial charge in [0, 0.05) is 23.5 Å². The summed E-state index contributed by atoms with van der Waals surface area (Å²) in [7, 11) is 0. The summed E-state index contributed by atoms with van der Waals surface area (Å²) in [6.45, 7) is 0. The molecule has 4 nitrogen and oxygen atoms in total. The number of nitrogen functional groups attached to an aromatic ring is 1. The summed E-state index contributed by atoms with van der Waals surface area (Å²) in [6, 6.07) is 9.60. The van der Waals surface area contributed by atoms with Crippen LogP contribution in [0.4, 0.5) is 5.69 Å². The molecule has 0 radical (unpaired) electrons. The van der Waals surface area contributed by atoms with Gasteiger partial charge in [-0.3, -0.25) is 4.98 Å². The van der Waals surface area contributed by atoms with E-state index in [9.17, 15) is 0 Å². The molecule has 78 valence electrons. The van der Waals surface area contributed by atoms with Gasteiger partial charge in [-0.25, -0.2) is 4.68 Å². The van der Waals surface area contributed by atoms with Gasteiger partial charge in [0.15, 0.2) is 0 Å².